The van der Waals surface area contributed by atoms with E-state index in [1.807, 2.05) is 0 Å². The van der Waals surface area contributed by atoms with Crippen molar-refractivity contribution in [3.63, 3.8) is 0 Å². The van der Waals surface area contributed by atoms with Crippen LogP contribution in [0.1, 0.15) is 48.0 Å². The van der Waals surface area contributed by atoms with Gasteiger partial charge >= 0.3 is 0 Å². The van der Waals surface area contributed by atoms with Gasteiger partial charge in [-0.3, -0.25) is 0 Å². The van der Waals surface area contributed by atoms with E-state index in [1.54, 1.807) is 0 Å². The highest BCUT2D eigenvalue weighted by atomic mass is 16.3. The first-order chi connectivity index (χ1) is 7.17. The molecule has 0 bridgehead atoms. The van der Waals surface area contributed by atoms with Crippen molar-refractivity contribution >= 4 is 0 Å². The number of rotatable bonds is 6. The van der Waals surface area contributed by atoms with Gasteiger partial charge in [-0.15, -0.1) is 0 Å². The van der Waals surface area contributed by atoms with Crippen LogP contribution in [0, 0.1) is 5.41 Å². The van der Waals surface area contributed by atoms with Crippen molar-refractivity contribution < 1.29 is 5.11 Å². The molecule has 98 valence electrons. The van der Waals surface area contributed by atoms with Crippen molar-refractivity contribution in [2.24, 2.45) is 5.41 Å². The highest BCUT2D eigenvalue weighted by molar-refractivity contribution is 4.81. The average molecular weight is 230 g/mol. The number of nitrogens with one attached hydrogen (secondary N) is 2. The van der Waals surface area contributed by atoms with Crippen LogP contribution in [0.25, 0.3) is 0 Å². The summed E-state index contributed by atoms with van der Waals surface area (Å²) in [6.07, 6.45) is 0.818. The second-order valence-corrected chi connectivity index (χ2v) is 6.56. The number of hydrogen-bond acceptors (Lipinski definition) is 3. The predicted octanol–water partition coefficient (Wildman–Crippen LogP) is 1.76. The summed E-state index contributed by atoms with van der Waals surface area (Å²) in [7, 11) is 0. The maximum Gasteiger partial charge on any atom is 0.0446 e. The van der Waals surface area contributed by atoms with Crippen molar-refractivity contribution in [2.75, 3.05) is 19.7 Å². The van der Waals surface area contributed by atoms with E-state index in [9.17, 15) is 0 Å². The van der Waals surface area contributed by atoms with Crippen LogP contribution in [0.4, 0.5) is 0 Å². The molecule has 3 heteroatoms. The van der Waals surface area contributed by atoms with E-state index in [-0.39, 0.29) is 17.6 Å². The highest BCUT2D eigenvalue weighted by Gasteiger charge is 2.23. The molecule has 0 radical (unpaired) electrons. The van der Waals surface area contributed by atoms with E-state index < -0.39 is 0 Å². The molecular formula is C13H30N2O. The lowest BCUT2D eigenvalue weighted by Gasteiger charge is -2.32. The van der Waals surface area contributed by atoms with Gasteiger partial charge in [0.25, 0.3) is 0 Å². The van der Waals surface area contributed by atoms with Crippen molar-refractivity contribution in [2.45, 2.75) is 59.5 Å². The summed E-state index contributed by atoms with van der Waals surface area (Å²) >= 11 is 0. The van der Waals surface area contributed by atoms with Gasteiger partial charge in [-0.1, -0.05) is 20.8 Å². The Kier molecular flexibility index (Phi) is 6.53. The number of aliphatic hydroxyl groups is 1. The van der Waals surface area contributed by atoms with Crippen molar-refractivity contribution in [3.8, 4) is 0 Å². The molecule has 16 heavy (non-hydrogen) atoms. The first-order valence-corrected chi connectivity index (χ1v) is 6.26. The Morgan fingerprint density at radius 2 is 1.56 bits per heavy atom. The number of hydrogen-bond donors (Lipinski definition) is 3. The fraction of sp³-hybridized carbons (Fsp3) is 1.00. The van der Waals surface area contributed by atoms with E-state index in [1.165, 1.54) is 0 Å². The van der Waals surface area contributed by atoms with Crippen LogP contribution in [-0.2, 0) is 0 Å². The molecule has 0 aliphatic rings. The van der Waals surface area contributed by atoms with Crippen LogP contribution < -0.4 is 10.6 Å². The molecule has 0 saturated carbocycles. The molecule has 3 nitrogen and oxygen atoms in total. The minimum Gasteiger partial charge on any atom is -0.396 e. The van der Waals surface area contributed by atoms with Crippen molar-refractivity contribution in [1.29, 1.82) is 0 Å². The average Bonchev–Trinajstić information content (AvgIpc) is 2.06. The van der Waals surface area contributed by atoms with Gasteiger partial charge in [0.1, 0.15) is 0 Å². The molecule has 3 N–H and O–H groups in total. The van der Waals surface area contributed by atoms with Gasteiger partial charge in [-0.05, 0) is 32.6 Å². The largest absolute Gasteiger partial charge is 0.396 e. The van der Waals surface area contributed by atoms with Gasteiger partial charge < -0.3 is 15.7 Å². The van der Waals surface area contributed by atoms with Crippen molar-refractivity contribution in [3.05, 3.63) is 0 Å². The van der Waals surface area contributed by atoms with Gasteiger partial charge in [0.15, 0.2) is 0 Å². The molecule has 0 aromatic heterocycles. The third-order valence-electron chi connectivity index (χ3n) is 2.63. The Hall–Kier alpha value is -0.120. The molecule has 0 amide bonds. The highest BCUT2D eigenvalue weighted by Crippen LogP contribution is 2.21. The molecular weight excluding hydrogens is 200 g/mol. The zero-order valence-corrected chi connectivity index (χ0v) is 11.9. The predicted molar refractivity (Wildman–Crippen MR) is 70.7 cm³/mol. The minimum absolute atomic E-state index is 0.176. The molecule has 1 unspecified atom stereocenters. The van der Waals surface area contributed by atoms with E-state index in [0.29, 0.717) is 6.04 Å². The molecule has 0 aromatic rings. The Morgan fingerprint density at radius 3 is 1.94 bits per heavy atom. The lowest BCUT2D eigenvalue weighted by atomic mass is 9.85. The maximum atomic E-state index is 9.03. The van der Waals surface area contributed by atoms with Crippen LogP contribution in [0.15, 0.2) is 0 Å². The van der Waals surface area contributed by atoms with Crippen LogP contribution in [0.3, 0.4) is 0 Å². The topological polar surface area (TPSA) is 44.3 Å². The second kappa shape index (κ2) is 6.58. The Morgan fingerprint density at radius 1 is 1.00 bits per heavy atom. The molecule has 0 saturated heterocycles. The first-order valence-electron chi connectivity index (χ1n) is 6.26. The summed E-state index contributed by atoms with van der Waals surface area (Å²) in [5, 5.41) is 16.0. The summed E-state index contributed by atoms with van der Waals surface area (Å²) < 4.78 is 0. The third-order valence-corrected chi connectivity index (χ3v) is 2.63. The summed E-state index contributed by atoms with van der Waals surface area (Å²) in [5.41, 5.74) is 0.375. The van der Waals surface area contributed by atoms with E-state index in [2.05, 4.69) is 52.2 Å². The zero-order valence-electron chi connectivity index (χ0n) is 11.9. The monoisotopic (exact) mass is 230 g/mol. The van der Waals surface area contributed by atoms with E-state index in [0.717, 1.165) is 19.5 Å². The molecule has 0 rings (SSSR count). The Balaban J connectivity index is 3.86. The molecule has 0 spiro atoms. The number of aliphatic hydroxyl groups excluding tert-OH is 1. The molecule has 1 atom stereocenters. The molecule has 0 aliphatic heterocycles. The SMILES string of the molecule is CC(C)(C)NCCNC(CCO)C(C)(C)C. The van der Waals surface area contributed by atoms with Gasteiger partial charge in [-0.25, -0.2) is 0 Å². The van der Waals surface area contributed by atoms with Crippen LogP contribution >= 0.6 is 0 Å². The normalized spacial score (nSPS) is 15.2. The summed E-state index contributed by atoms with van der Waals surface area (Å²) in [5.74, 6) is 0. The van der Waals surface area contributed by atoms with Gasteiger partial charge in [-0.2, -0.15) is 0 Å². The summed E-state index contributed by atoms with van der Waals surface area (Å²) in [4.78, 5) is 0. The molecule has 0 fully saturated rings. The minimum atomic E-state index is 0.176. The molecule has 0 aromatic carbocycles. The van der Waals surface area contributed by atoms with Gasteiger partial charge in [0.05, 0.1) is 0 Å². The van der Waals surface area contributed by atoms with Crippen LogP contribution in [0.2, 0.25) is 0 Å². The van der Waals surface area contributed by atoms with Gasteiger partial charge in [0, 0.05) is 31.3 Å². The van der Waals surface area contributed by atoms with Crippen LogP contribution in [0.5, 0.6) is 0 Å². The van der Waals surface area contributed by atoms with Crippen LogP contribution in [-0.4, -0.2) is 36.4 Å². The smallest absolute Gasteiger partial charge is 0.0446 e. The molecule has 0 aliphatic carbocycles. The van der Waals surface area contributed by atoms with E-state index >= 15 is 0 Å². The van der Waals surface area contributed by atoms with Gasteiger partial charge in [0.2, 0.25) is 0 Å². The summed E-state index contributed by atoms with van der Waals surface area (Å²) in [6, 6.07) is 0.374. The van der Waals surface area contributed by atoms with E-state index in [4.69, 9.17) is 5.11 Å². The Labute approximate surface area is 101 Å². The quantitative estimate of drug-likeness (QED) is 0.609. The molecule has 0 heterocycles. The zero-order chi connectivity index (χ0) is 12.8. The lowest BCUT2D eigenvalue weighted by molar-refractivity contribution is 0.197. The Bertz CT molecular complexity index is 179. The standard InChI is InChI=1S/C13H30N2O/c1-12(2,3)11(7-10-16)14-8-9-15-13(4,5)6/h11,14-16H,7-10H2,1-6H3. The fourth-order valence-electron chi connectivity index (χ4n) is 1.65. The lowest BCUT2D eigenvalue weighted by Crippen LogP contribution is -2.46. The third kappa shape index (κ3) is 8.08. The first kappa shape index (κ1) is 15.9. The fourth-order valence-corrected chi connectivity index (χ4v) is 1.65. The van der Waals surface area contributed by atoms with Crippen molar-refractivity contribution in [1.82, 2.24) is 10.6 Å². The second-order valence-electron chi connectivity index (χ2n) is 6.56. The maximum absolute atomic E-state index is 9.03. The summed E-state index contributed by atoms with van der Waals surface area (Å²) in [6.45, 7) is 15.3.